The zero-order chi connectivity index (χ0) is 45.8. The Kier molecular flexibility index (Phi) is 47.5. The van der Waals surface area contributed by atoms with E-state index in [9.17, 15) is 14.4 Å². The second-order valence-corrected chi connectivity index (χ2v) is 16.3. The van der Waals surface area contributed by atoms with Gasteiger partial charge in [-0.2, -0.15) is 0 Å². The number of ether oxygens (including phenoxy) is 3. The first-order valence-electron chi connectivity index (χ1n) is 25.4. The quantitative estimate of drug-likeness (QED) is 0.0263. The van der Waals surface area contributed by atoms with Crippen molar-refractivity contribution in [3.8, 4) is 0 Å². The van der Waals surface area contributed by atoms with E-state index < -0.39 is 6.10 Å². The van der Waals surface area contributed by atoms with Gasteiger partial charge in [0, 0.05) is 19.3 Å². The van der Waals surface area contributed by atoms with Crippen molar-refractivity contribution >= 4 is 17.9 Å². The first-order chi connectivity index (χ1) is 31.0. The molecule has 0 rings (SSSR count). The smallest absolute Gasteiger partial charge is 0.306 e. The van der Waals surface area contributed by atoms with Gasteiger partial charge in [0.1, 0.15) is 13.2 Å². The van der Waals surface area contributed by atoms with E-state index in [0.29, 0.717) is 19.3 Å². The lowest BCUT2D eigenvalue weighted by Gasteiger charge is -2.18. The molecule has 0 fully saturated rings. The minimum absolute atomic E-state index is 0.0961. The average Bonchev–Trinajstić information content (AvgIpc) is 3.28. The van der Waals surface area contributed by atoms with Crippen molar-refractivity contribution in [2.75, 3.05) is 13.2 Å². The summed E-state index contributed by atoms with van der Waals surface area (Å²) in [5, 5.41) is 0. The second kappa shape index (κ2) is 50.7. The van der Waals surface area contributed by atoms with E-state index in [1.54, 1.807) is 0 Å². The Morgan fingerprint density at radius 2 is 0.651 bits per heavy atom. The highest BCUT2D eigenvalue weighted by Gasteiger charge is 2.19. The molecule has 0 N–H and O–H groups in total. The SMILES string of the molecule is CC/C=C\C/C=C\C/C=C\C/C=C\C/C=C\C/C=C\C/C=C\CCCCCC(=O)OCC(COC(=O)CCCCCCCCC)OC(=O)CCCCCCC/C=C\C/C=C\CCC. The summed E-state index contributed by atoms with van der Waals surface area (Å²) in [6, 6.07) is 0. The molecule has 0 aromatic rings. The molecule has 63 heavy (non-hydrogen) atoms. The molecule has 0 heterocycles. The van der Waals surface area contributed by atoms with E-state index in [1.807, 2.05) is 0 Å². The summed E-state index contributed by atoms with van der Waals surface area (Å²) in [7, 11) is 0. The monoisotopic (exact) mass is 873 g/mol. The first kappa shape index (κ1) is 59.1. The van der Waals surface area contributed by atoms with Gasteiger partial charge in [-0.3, -0.25) is 14.4 Å². The van der Waals surface area contributed by atoms with Crippen LogP contribution >= 0.6 is 0 Å². The summed E-state index contributed by atoms with van der Waals surface area (Å²) in [5.74, 6) is -0.960. The van der Waals surface area contributed by atoms with Gasteiger partial charge < -0.3 is 14.2 Å². The molecule has 6 nitrogen and oxygen atoms in total. The molecular weight excluding hydrogens is 781 g/mol. The minimum atomic E-state index is -0.797. The van der Waals surface area contributed by atoms with Gasteiger partial charge in [-0.05, 0) is 103 Å². The number of allylic oxidation sites excluding steroid dienone is 18. The number of rotatable bonds is 44. The Morgan fingerprint density at radius 3 is 1.05 bits per heavy atom. The molecule has 0 amide bonds. The Bertz CT molecular complexity index is 1330. The maximum atomic E-state index is 12.7. The highest BCUT2D eigenvalue weighted by atomic mass is 16.6. The molecule has 0 aliphatic heterocycles. The molecule has 1 unspecified atom stereocenters. The fraction of sp³-hybridized carbons (Fsp3) is 0.632. The van der Waals surface area contributed by atoms with Gasteiger partial charge in [0.15, 0.2) is 6.10 Å². The zero-order valence-corrected chi connectivity index (χ0v) is 40.5. The van der Waals surface area contributed by atoms with E-state index in [1.165, 1.54) is 32.1 Å². The lowest BCUT2D eigenvalue weighted by Crippen LogP contribution is -2.30. The van der Waals surface area contributed by atoms with Crippen LogP contribution in [0.4, 0.5) is 0 Å². The number of hydrogen-bond acceptors (Lipinski definition) is 6. The third-order valence-corrected chi connectivity index (χ3v) is 10.2. The van der Waals surface area contributed by atoms with E-state index in [4.69, 9.17) is 14.2 Å². The molecule has 356 valence electrons. The van der Waals surface area contributed by atoms with E-state index >= 15 is 0 Å². The van der Waals surface area contributed by atoms with Crippen molar-refractivity contribution in [3.63, 3.8) is 0 Å². The van der Waals surface area contributed by atoms with Crippen LogP contribution in [0, 0.1) is 0 Å². The van der Waals surface area contributed by atoms with Crippen molar-refractivity contribution in [2.45, 2.75) is 219 Å². The van der Waals surface area contributed by atoms with Crippen LogP contribution in [0.3, 0.4) is 0 Å². The van der Waals surface area contributed by atoms with Gasteiger partial charge in [0.25, 0.3) is 0 Å². The van der Waals surface area contributed by atoms with Crippen molar-refractivity contribution in [3.05, 3.63) is 109 Å². The third kappa shape index (κ3) is 49.0. The molecule has 1 atom stereocenters. The molecule has 0 radical (unpaired) electrons. The van der Waals surface area contributed by atoms with Gasteiger partial charge in [0.2, 0.25) is 0 Å². The predicted molar refractivity (Wildman–Crippen MR) is 270 cm³/mol. The molecule has 0 aliphatic rings. The second-order valence-electron chi connectivity index (χ2n) is 16.3. The summed E-state index contributed by atoms with van der Waals surface area (Å²) in [4.78, 5) is 37.7. The maximum Gasteiger partial charge on any atom is 0.306 e. The fourth-order valence-electron chi connectivity index (χ4n) is 6.46. The van der Waals surface area contributed by atoms with Gasteiger partial charge >= 0.3 is 17.9 Å². The van der Waals surface area contributed by atoms with Gasteiger partial charge in [-0.15, -0.1) is 0 Å². The molecule has 0 saturated carbocycles. The van der Waals surface area contributed by atoms with Crippen LogP contribution in [0.2, 0.25) is 0 Å². The van der Waals surface area contributed by atoms with Crippen molar-refractivity contribution in [2.24, 2.45) is 0 Å². The topological polar surface area (TPSA) is 78.9 Å². The summed E-state index contributed by atoms with van der Waals surface area (Å²) >= 11 is 0. The summed E-state index contributed by atoms with van der Waals surface area (Å²) in [6.45, 7) is 6.35. The summed E-state index contributed by atoms with van der Waals surface area (Å²) in [5.41, 5.74) is 0. The summed E-state index contributed by atoms with van der Waals surface area (Å²) < 4.78 is 16.7. The van der Waals surface area contributed by atoms with Gasteiger partial charge in [0.05, 0.1) is 0 Å². The molecule has 0 saturated heterocycles. The van der Waals surface area contributed by atoms with E-state index in [-0.39, 0.29) is 31.1 Å². The molecule has 0 spiro atoms. The van der Waals surface area contributed by atoms with Gasteiger partial charge in [-0.1, -0.05) is 201 Å². The number of unbranched alkanes of at least 4 members (excludes halogenated alkanes) is 15. The minimum Gasteiger partial charge on any atom is -0.462 e. The Labute approximate surface area is 387 Å². The summed E-state index contributed by atoms with van der Waals surface area (Å²) in [6.07, 6.45) is 68.0. The first-order valence-corrected chi connectivity index (χ1v) is 25.4. The van der Waals surface area contributed by atoms with Crippen LogP contribution < -0.4 is 0 Å². The average molecular weight is 873 g/mol. The van der Waals surface area contributed by atoms with E-state index in [2.05, 4.69) is 130 Å². The molecular formula is C57H92O6. The van der Waals surface area contributed by atoms with Crippen LogP contribution in [-0.2, 0) is 28.6 Å². The number of esters is 3. The highest BCUT2D eigenvalue weighted by molar-refractivity contribution is 5.71. The highest BCUT2D eigenvalue weighted by Crippen LogP contribution is 2.12. The van der Waals surface area contributed by atoms with Gasteiger partial charge in [-0.25, -0.2) is 0 Å². The van der Waals surface area contributed by atoms with Crippen LogP contribution in [0.5, 0.6) is 0 Å². The predicted octanol–water partition coefficient (Wildman–Crippen LogP) is 16.8. The normalized spacial score (nSPS) is 13.0. The van der Waals surface area contributed by atoms with Crippen LogP contribution in [0.15, 0.2) is 109 Å². The number of carbonyl (C=O) groups excluding carboxylic acids is 3. The maximum absolute atomic E-state index is 12.7. The van der Waals surface area contributed by atoms with Crippen LogP contribution in [-0.4, -0.2) is 37.2 Å². The standard InChI is InChI=1S/C57H92O6/c1-4-7-10-13-16-18-20-22-23-24-25-26-27-28-29-30-31-32-33-35-36-38-41-44-47-50-56(59)62-53-54(52-61-55(58)49-46-43-40-15-12-9-6-3)63-57(60)51-48-45-42-39-37-34-21-19-17-14-11-8-5-2/h7,10-11,14,16,18-19,21-23,25-26,28-29,31-32,35-36,54H,4-6,8-9,12-13,15,17,20,24,27,30,33-34,37-53H2,1-3H3/b10-7-,14-11-,18-16-,21-19-,23-22-,26-25-,29-28-,32-31-,36-35-. The molecule has 0 bridgehead atoms. The van der Waals surface area contributed by atoms with Crippen molar-refractivity contribution in [1.29, 1.82) is 0 Å². The lowest BCUT2D eigenvalue weighted by molar-refractivity contribution is -0.167. The van der Waals surface area contributed by atoms with Crippen LogP contribution in [0.25, 0.3) is 0 Å². The largest absolute Gasteiger partial charge is 0.462 e. The Morgan fingerprint density at radius 1 is 0.333 bits per heavy atom. The fourth-order valence-corrected chi connectivity index (χ4v) is 6.46. The molecule has 0 aliphatic carbocycles. The number of hydrogen-bond donors (Lipinski definition) is 0. The third-order valence-electron chi connectivity index (χ3n) is 10.2. The van der Waals surface area contributed by atoms with E-state index in [0.717, 1.165) is 141 Å². The Hall–Kier alpha value is -3.93. The van der Waals surface area contributed by atoms with Crippen molar-refractivity contribution < 1.29 is 28.6 Å². The molecule has 0 aromatic heterocycles. The zero-order valence-electron chi connectivity index (χ0n) is 40.5. The van der Waals surface area contributed by atoms with Crippen LogP contribution in [0.1, 0.15) is 213 Å². The Balaban J connectivity index is 4.32. The lowest BCUT2D eigenvalue weighted by atomic mass is 10.1. The molecule has 6 heteroatoms. The van der Waals surface area contributed by atoms with Crippen molar-refractivity contribution in [1.82, 2.24) is 0 Å². The molecule has 0 aromatic carbocycles. The number of carbonyl (C=O) groups is 3.